The minimum absolute atomic E-state index is 0.313. The summed E-state index contributed by atoms with van der Waals surface area (Å²) in [5.41, 5.74) is 5.96. The molecule has 1 saturated carbocycles. The van der Waals surface area contributed by atoms with Crippen LogP contribution in [0.1, 0.15) is 29.3 Å². The zero-order valence-corrected chi connectivity index (χ0v) is 13.8. The number of carbonyl (C=O) groups is 1. The Morgan fingerprint density at radius 1 is 1.12 bits per heavy atom. The van der Waals surface area contributed by atoms with Gasteiger partial charge in [0.1, 0.15) is 5.60 Å². The highest BCUT2D eigenvalue weighted by molar-refractivity contribution is 5.86. The minimum Gasteiger partial charge on any atom is -0.455 e. The van der Waals surface area contributed by atoms with Crippen LogP contribution in [0.25, 0.3) is 0 Å². The lowest BCUT2D eigenvalue weighted by Gasteiger charge is -2.31. The first kappa shape index (κ1) is 15.1. The number of fused-ring (bicyclic) bond motifs is 2. The number of nitrogens with two attached hydrogens (primary N) is 1. The molecule has 25 heavy (non-hydrogen) atoms. The molecule has 3 N–H and O–H groups in total. The van der Waals surface area contributed by atoms with Crippen molar-refractivity contribution in [1.29, 1.82) is 0 Å². The van der Waals surface area contributed by atoms with E-state index in [4.69, 9.17) is 10.5 Å². The van der Waals surface area contributed by atoms with Crippen molar-refractivity contribution in [3.63, 3.8) is 0 Å². The monoisotopic (exact) mass is 336 g/mol. The van der Waals surface area contributed by atoms with Gasteiger partial charge in [0.05, 0.1) is 6.17 Å². The molecule has 5 atom stereocenters. The topological polar surface area (TPSA) is 75.8 Å². The predicted octanol–water partition coefficient (Wildman–Crippen LogP) is 1.51. The largest absolute Gasteiger partial charge is 0.455 e. The predicted molar refractivity (Wildman–Crippen MR) is 91.3 cm³/mol. The van der Waals surface area contributed by atoms with Gasteiger partial charge in [-0.05, 0) is 17.5 Å². The fourth-order valence-electron chi connectivity index (χ4n) is 4.45. The van der Waals surface area contributed by atoms with Crippen LogP contribution in [0.4, 0.5) is 0 Å². The molecule has 0 aromatic heterocycles. The first-order chi connectivity index (χ1) is 12.0. The van der Waals surface area contributed by atoms with Crippen LogP contribution < -0.4 is 5.73 Å². The zero-order valence-electron chi connectivity index (χ0n) is 13.8. The Morgan fingerprint density at radius 3 is 2.64 bits per heavy atom. The lowest BCUT2D eigenvalue weighted by Crippen LogP contribution is -2.42. The van der Waals surface area contributed by atoms with Gasteiger partial charge in [-0.3, -0.25) is 4.90 Å². The van der Waals surface area contributed by atoms with Gasteiger partial charge in [0.25, 0.3) is 0 Å². The van der Waals surface area contributed by atoms with E-state index in [0.717, 1.165) is 18.5 Å². The quantitative estimate of drug-likeness (QED) is 0.772. The first-order valence-electron chi connectivity index (χ1n) is 8.65. The number of hydrogen-bond acceptors (Lipinski definition) is 5. The van der Waals surface area contributed by atoms with Crippen LogP contribution in [0, 0.1) is 5.92 Å². The van der Waals surface area contributed by atoms with Crippen molar-refractivity contribution in [2.45, 2.75) is 23.8 Å². The summed E-state index contributed by atoms with van der Waals surface area (Å²) >= 11 is 0. The molecule has 2 aliphatic heterocycles. The Labute approximate surface area is 146 Å². The highest BCUT2D eigenvalue weighted by Gasteiger charge is 2.66. The van der Waals surface area contributed by atoms with E-state index in [0.29, 0.717) is 23.6 Å². The molecule has 2 fully saturated rings. The van der Waals surface area contributed by atoms with Gasteiger partial charge in [0, 0.05) is 24.6 Å². The Morgan fingerprint density at radius 2 is 1.84 bits per heavy atom. The summed E-state index contributed by atoms with van der Waals surface area (Å²) in [7, 11) is 0. The van der Waals surface area contributed by atoms with Crippen LogP contribution in [-0.2, 0) is 15.1 Å². The molecule has 128 valence electrons. The van der Waals surface area contributed by atoms with Crippen LogP contribution in [0.5, 0.6) is 0 Å². The van der Waals surface area contributed by atoms with Gasteiger partial charge in [0.2, 0.25) is 5.60 Å². The maximum absolute atomic E-state index is 13.2. The van der Waals surface area contributed by atoms with Crippen LogP contribution >= 0.6 is 0 Å². The van der Waals surface area contributed by atoms with Crippen molar-refractivity contribution in [1.82, 2.24) is 4.90 Å². The van der Waals surface area contributed by atoms with Crippen LogP contribution in [0.15, 0.2) is 54.6 Å². The summed E-state index contributed by atoms with van der Waals surface area (Å²) in [6, 6.07) is 16.3. The van der Waals surface area contributed by atoms with Crippen molar-refractivity contribution in [2.75, 3.05) is 13.1 Å². The van der Waals surface area contributed by atoms with E-state index >= 15 is 0 Å². The molecule has 5 rings (SSSR count). The molecule has 1 saturated heterocycles. The van der Waals surface area contributed by atoms with Crippen molar-refractivity contribution in [3.8, 4) is 0 Å². The van der Waals surface area contributed by atoms with Gasteiger partial charge in [-0.15, -0.1) is 0 Å². The minimum atomic E-state index is -1.86. The summed E-state index contributed by atoms with van der Waals surface area (Å²) < 4.78 is 5.91. The van der Waals surface area contributed by atoms with Gasteiger partial charge in [-0.25, -0.2) is 4.79 Å². The number of carbonyl (C=O) groups excluding carboxylic acids is 1. The second-order valence-corrected chi connectivity index (χ2v) is 7.39. The maximum Gasteiger partial charge on any atom is 0.348 e. The molecule has 2 aromatic rings. The highest BCUT2D eigenvalue weighted by Crippen LogP contribution is 2.56. The van der Waals surface area contributed by atoms with E-state index in [9.17, 15) is 9.90 Å². The number of benzene rings is 2. The molecule has 2 aromatic carbocycles. The molecule has 2 bridgehead atoms. The number of hydrogen-bond donors (Lipinski definition) is 2. The van der Waals surface area contributed by atoms with Crippen LogP contribution in [0.3, 0.4) is 0 Å². The lowest BCUT2D eigenvalue weighted by molar-refractivity contribution is -0.170. The van der Waals surface area contributed by atoms with E-state index in [1.807, 2.05) is 36.4 Å². The summed E-state index contributed by atoms with van der Waals surface area (Å²) in [6.07, 6.45) is 0.481. The summed E-state index contributed by atoms with van der Waals surface area (Å²) in [5, 5.41) is 11.6. The van der Waals surface area contributed by atoms with Crippen molar-refractivity contribution >= 4 is 5.97 Å². The molecular formula is C20H20N2O3. The van der Waals surface area contributed by atoms with E-state index in [2.05, 4.69) is 4.90 Å². The fourth-order valence-corrected chi connectivity index (χ4v) is 4.45. The van der Waals surface area contributed by atoms with E-state index < -0.39 is 17.2 Å². The molecule has 5 heteroatoms. The van der Waals surface area contributed by atoms with Crippen molar-refractivity contribution in [2.24, 2.45) is 11.7 Å². The Hall–Kier alpha value is -2.21. The first-order valence-corrected chi connectivity index (χ1v) is 8.65. The third-order valence-corrected chi connectivity index (χ3v) is 5.95. The van der Waals surface area contributed by atoms with Crippen molar-refractivity contribution in [3.05, 3.63) is 71.3 Å². The van der Waals surface area contributed by atoms with Gasteiger partial charge in [0.15, 0.2) is 0 Å². The molecular weight excluding hydrogens is 316 g/mol. The van der Waals surface area contributed by atoms with Gasteiger partial charge < -0.3 is 15.6 Å². The molecule has 2 heterocycles. The summed E-state index contributed by atoms with van der Waals surface area (Å²) in [6.45, 7) is 1.45. The Bertz CT molecular complexity index is 855. The summed E-state index contributed by atoms with van der Waals surface area (Å²) in [5.74, 6) is -0.294. The normalized spacial score (nSPS) is 38.6. The number of esters is 1. The molecule has 3 aliphatic rings. The number of nitrogens with zero attached hydrogens (tertiary/aromatic N) is 1. The Kier molecular flexibility index (Phi) is 2.96. The number of aliphatic hydroxyl groups is 1. The number of rotatable bonds is 1. The van der Waals surface area contributed by atoms with Crippen LogP contribution in [0.2, 0.25) is 0 Å². The maximum atomic E-state index is 13.2. The zero-order chi connectivity index (χ0) is 17.2. The van der Waals surface area contributed by atoms with E-state index in [1.54, 1.807) is 18.2 Å². The molecule has 0 amide bonds. The summed E-state index contributed by atoms with van der Waals surface area (Å²) in [4.78, 5) is 15.3. The molecule has 1 spiro atoms. The second kappa shape index (κ2) is 4.91. The van der Waals surface area contributed by atoms with Gasteiger partial charge in [-0.2, -0.15) is 0 Å². The standard InChI is InChI=1S/C20H20N2O3/c21-17-15-8-4-5-9-16(15)20(24,13-6-2-1-3-7-13)18(23)25-19-10-14(19)11-22(17)12-19/h1-9,14,17,24H,10-12,21H2/t14-,17?,19+,20?/m1/s1. The lowest BCUT2D eigenvalue weighted by atomic mass is 9.82. The molecule has 0 radical (unpaired) electrons. The highest BCUT2D eigenvalue weighted by atomic mass is 16.6. The van der Waals surface area contributed by atoms with Crippen molar-refractivity contribution < 1.29 is 14.6 Å². The smallest absolute Gasteiger partial charge is 0.348 e. The van der Waals surface area contributed by atoms with E-state index in [1.165, 1.54) is 0 Å². The SMILES string of the molecule is NC1c2ccccc2C(O)(c2ccccc2)C(=O)O[C@]23C[C@@H]2CN1C3. The second-order valence-electron chi connectivity index (χ2n) is 7.39. The van der Waals surface area contributed by atoms with Gasteiger partial charge in [-0.1, -0.05) is 54.6 Å². The average molecular weight is 336 g/mol. The number of ether oxygens (including phenoxy) is 1. The average Bonchev–Trinajstić information content (AvgIpc) is 3.19. The molecule has 1 aliphatic carbocycles. The van der Waals surface area contributed by atoms with E-state index in [-0.39, 0.29) is 6.17 Å². The van der Waals surface area contributed by atoms with Gasteiger partial charge >= 0.3 is 5.97 Å². The Balaban J connectivity index is 1.75. The third-order valence-electron chi connectivity index (χ3n) is 5.95. The molecule has 3 unspecified atom stereocenters. The van der Waals surface area contributed by atoms with Crippen LogP contribution in [-0.4, -0.2) is 34.7 Å². The number of piperidine rings is 1. The molecule has 5 nitrogen and oxygen atoms in total. The third kappa shape index (κ3) is 1.97. The fraction of sp³-hybridized carbons (Fsp3) is 0.350.